The summed E-state index contributed by atoms with van der Waals surface area (Å²) in [5, 5.41) is 8.24. The molecular weight excluding hydrogens is 214 g/mol. The third-order valence-corrected chi connectivity index (χ3v) is 2.57. The second kappa shape index (κ2) is 4.97. The molecule has 1 aromatic heterocycles. The van der Waals surface area contributed by atoms with Crippen LogP contribution in [0.1, 0.15) is 11.4 Å². The summed E-state index contributed by atoms with van der Waals surface area (Å²) >= 11 is 0. The van der Waals surface area contributed by atoms with Gasteiger partial charge in [0.2, 0.25) is 5.95 Å². The zero-order valence-electron chi connectivity index (χ0n) is 10.2. The lowest BCUT2D eigenvalue weighted by Gasteiger charge is -2.14. The topological polar surface area (TPSA) is 60.0 Å². The highest BCUT2D eigenvalue weighted by molar-refractivity contribution is 5.30. The number of rotatable bonds is 4. The Balaban J connectivity index is 2.33. The molecule has 0 spiro atoms. The SMILES string of the molecule is CN(C)c1nnc(CN)n1Cc1ccccc1. The fourth-order valence-corrected chi connectivity index (χ4v) is 1.74. The van der Waals surface area contributed by atoms with Crippen LogP contribution < -0.4 is 10.6 Å². The predicted octanol–water partition coefficient (Wildman–Crippen LogP) is 0.851. The lowest BCUT2D eigenvalue weighted by atomic mass is 10.2. The second-order valence-corrected chi connectivity index (χ2v) is 4.09. The Morgan fingerprint density at radius 3 is 2.47 bits per heavy atom. The van der Waals surface area contributed by atoms with Gasteiger partial charge < -0.3 is 10.6 Å². The number of nitrogens with two attached hydrogens (primary N) is 1. The highest BCUT2D eigenvalue weighted by atomic mass is 15.4. The number of hydrogen-bond donors (Lipinski definition) is 1. The third-order valence-electron chi connectivity index (χ3n) is 2.57. The number of nitrogens with zero attached hydrogens (tertiary/aromatic N) is 4. The normalized spacial score (nSPS) is 10.5. The van der Waals surface area contributed by atoms with Gasteiger partial charge in [0.05, 0.1) is 13.1 Å². The fourth-order valence-electron chi connectivity index (χ4n) is 1.74. The molecule has 1 aromatic carbocycles. The van der Waals surface area contributed by atoms with Crippen LogP contribution in [-0.4, -0.2) is 28.9 Å². The van der Waals surface area contributed by atoms with E-state index in [1.165, 1.54) is 5.56 Å². The van der Waals surface area contributed by atoms with Crippen molar-refractivity contribution in [1.82, 2.24) is 14.8 Å². The summed E-state index contributed by atoms with van der Waals surface area (Å²) in [5.41, 5.74) is 6.89. The van der Waals surface area contributed by atoms with E-state index >= 15 is 0 Å². The molecule has 5 nitrogen and oxygen atoms in total. The first kappa shape index (κ1) is 11.6. The Kier molecular flexibility index (Phi) is 3.39. The molecule has 2 aromatic rings. The standard InChI is InChI=1S/C12H17N5/c1-16(2)12-15-14-11(8-13)17(12)9-10-6-4-3-5-7-10/h3-7H,8-9,13H2,1-2H3. The maximum absolute atomic E-state index is 5.68. The predicted molar refractivity (Wildman–Crippen MR) is 67.8 cm³/mol. The van der Waals surface area contributed by atoms with E-state index in [-0.39, 0.29) is 0 Å². The van der Waals surface area contributed by atoms with Crippen LogP contribution in [0.3, 0.4) is 0 Å². The zero-order valence-corrected chi connectivity index (χ0v) is 10.2. The molecule has 17 heavy (non-hydrogen) atoms. The largest absolute Gasteiger partial charge is 0.347 e. The molecule has 0 amide bonds. The van der Waals surface area contributed by atoms with Gasteiger partial charge in [-0.3, -0.25) is 4.57 Å². The average molecular weight is 231 g/mol. The maximum Gasteiger partial charge on any atom is 0.227 e. The summed E-state index contributed by atoms with van der Waals surface area (Å²) in [6, 6.07) is 10.2. The van der Waals surface area contributed by atoms with Crippen molar-refractivity contribution in [2.24, 2.45) is 5.73 Å². The van der Waals surface area contributed by atoms with Gasteiger partial charge in [-0.05, 0) is 5.56 Å². The van der Waals surface area contributed by atoms with Crippen molar-refractivity contribution in [2.75, 3.05) is 19.0 Å². The first-order valence-electron chi connectivity index (χ1n) is 5.55. The number of anilines is 1. The molecule has 90 valence electrons. The van der Waals surface area contributed by atoms with Crippen LogP contribution in [0.4, 0.5) is 5.95 Å². The summed E-state index contributed by atoms with van der Waals surface area (Å²) in [5.74, 6) is 1.63. The van der Waals surface area contributed by atoms with Crippen molar-refractivity contribution in [1.29, 1.82) is 0 Å². The molecule has 0 aliphatic carbocycles. The van der Waals surface area contributed by atoms with Gasteiger partial charge in [0.25, 0.3) is 0 Å². The number of aromatic nitrogens is 3. The van der Waals surface area contributed by atoms with Gasteiger partial charge in [-0.25, -0.2) is 0 Å². The fraction of sp³-hybridized carbons (Fsp3) is 0.333. The molecule has 0 atom stereocenters. The van der Waals surface area contributed by atoms with Crippen LogP contribution in [0.15, 0.2) is 30.3 Å². The average Bonchev–Trinajstić information content (AvgIpc) is 2.73. The second-order valence-electron chi connectivity index (χ2n) is 4.09. The molecule has 0 unspecified atom stereocenters. The van der Waals surface area contributed by atoms with Gasteiger partial charge in [-0.1, -0.05) is 30.3 Å². The van der Waals surface area contributed by atoms with Crippen molar-refractivity contribution in [2.45, 2.75) is 13.1 Å². The molecule has 2 N–H and O–H groups in total. The van der Waals surface area contributed by atoms with Gasteiger partial charge in [0.1, 0.15) is 5.82 Å². The van der Waals surface area contributed by atoms with Crippen LogP contribution in [0.5, 0.6) is 0 Å². The summed E-state index contributed by atoms with van der Waals surface area (Å²) in [7, 11) is 3.90. The first-order chi connectivity index (χ1) is 8.22. The molecule has 0 bridgehead atoms. The maximum atomic E-state index is 5.68. The van der Waals surface area contributed by atoms with E-state index < -0.39 is 0 Å². The third kappa shape index (κ3) is 2.45. The van der Waals surface area contributed by atoms with Crippen molar-refractivity contribution in [3.63, 3.8) is 0 Å². The monoisotopic (exact) mass is 231 g/mol. The molecular formula is C12H17N5. The zero-order chi connectivity index (χ0) is 12.3. The van der Waals surface area contributed by atoms with E-state index in [2.05, 4.69) is 22.3 Å². The Labute approximate surface area is 101 Å². The lowest BCUT2D eigenvalue weighted by molar-refractivity contribution is 0.717. The Morgan fingerprint density at radius 2 is 1.88 bits per heavy atom. The van der Waals surface area contributed by atoms with Crippen LogP contribution >= 0.6 is 0 Å². The molecule has 0 aliphatic rings. The van der Waals surface area contributed by atoms with Crippen LogP contribution in [0.25, 0.3) is 0 Å². The number of hydrogen-bond acceptors (Lipinski definition) is 4. The van der Waals surface area contributed by atoms with E-state index in [1.54, 1.807) is 0 Å². The van der Waals surface area contributed by atoms with Gasteiger partial charge >= 0.3 is 0 Å². The van der Waals surface area contributed by atoms with Crippen LogP contribution in [0.2, 0.25) is 0 Å². The Hall–Kier alpha value is -1.88. The smallest absolute Gasteiger partial charge is 0.227 e. The van der Waals surface area contributed by atoms with Gasteiger partial charge in [-0.15, -0.1) is 10.2 Å². The van der Waals surface area contributed by atoms with Gasteiger partial charge in [0, 0.05) is 14.1 Å². The minimum atomic E-state index is 0.397. The first-order valence-corrected chi connectivity index (χ1v) is 5.55. The molecule has 0 saturated carbocycles. The van der Waals surface area contributed by atoms with Gasteiger partial charge in [0.15, 0.2) is 0 Å². The summed E-state index contributed by atoms with van der Waals surface area (Å²) in [6.07, 6.45) is 0. The molecule has 1 heterocycles. The van der Waals surface area contributed by atoms with Crippen LogP contribution in [-0.2, 0) is 13.1 Å². The van der Waals surface area contributed by atoms with Crippen molar-refractivity contribution >= 4 is 5.95 Å². The van der Waals surface area contributed by atoms with E-state index in [0.717, 1.165) is 18.3 Å². The molecule has 0 fully saturated rings. The molecule has 0 radical (unpaired) electrons. The van der Waals surface area contributed by atoms with E-state index in [9.17, 15) is 0 Å². The molecule has 0 aliphatic heterocycles. The summed E-state index contributed by atoms with van der Waals surface area (Å²) < 4.78 is 2.04. The van der Waals surface area contributed by atoms with Crippen LogP contribution in [0, 0.1) is 0 Å². The molecule has 0 saturated heterocycles. The Bertz CT molecular complexity index is 475. The molecule has 5 heteroatoms. The van der Waals surface area contributed by atoms with Crippen molar-refractivity contribution < 1.29 is 0 Å². The minimum Gasteiger partial charge on any atom is -0.347 e. The summed E-state index contributed by atoms with van der Waals surface area (Å²) in [6.45, 7) is 1.14. The summed E-state index contributed by atoms with van der Waals surface area (Å²) in [4.78, 5) is 1.94. The van der Waals surface area contributed by atoms with Crippen molar-refractivity contribution in [3.8, 4) is 0 Å². The minimum absolute atomic E-state index is 0.397. The number of benzene rings is 1. The highest BCUT2D eigenvalue weighted by Crippen LogP contribution is 2.13. The van der Waals surface area contributed by atoms with E-state index in [1.807, 2.05) is 41.8 Å². The van der Waals surface area contributed by atoms with Crippen molar-refractivity contribution in [3.05, 3.63) is 41.7 Å². The van der Waals surface area contributed by atoms with E-state index in [4.69, 9.17) is 5.73 Å². The molecule has 2 rings (SSSR count). The highest BCUT2D eigenvalue weighted by Gasteiger charge is 2.12. The van der Waals surface area contributed by atoms with E-state index in [0.29, 0.717) is 6.54 Å². The van der Waals surface area contributed by atoms with Gasteiger partial charge in [-0.2, -0.15) is 0 Å². The lowest BCUT2D eigenvalue weighted by Crippen LogP contribution is -2.18. The quantitative estimate of drug-likeness (QED) is 0.847. The Morgan fingerprint density at radius 1 is 1.18 bits per heavy atom.